The summed E-state index contributed by atoms with van der Waals surface area (Å²) < 4.78 is 5.99. The van der Waals surface area contributed by atoms with E-state index in [0.29, 0.717) is 40.1 Å². The smallest absolute Gasteiger partial charge is 0.270 e. The highest BCUT2D eigenvalue weighted by molar-refractivity contribution is 6.32. The van der Waals surface area contributed by atoms with E-state index in [1.807, 2.05) is 32.3 Å². The number of halogens is 1. The Balaban J connectivity index is 1.68. The van der Waals surface area contributed by atoms with Crippen molar-refractivity contribution >= 4 is 23.2 Å². The summed E-state index contributed by atoms with van der Waals surface area (Å²) in [6.45, 7) is 1.46. The van der Waals surface area contributed by atoms with Crippen molar-refractivity contribution in [2.45, 2.75) is 44.6 Å². The predicted octanol–water partition coefficient (Wildman–Crippen LogP) is 5.44. The maximum absolute atomic E-state index is 13.1. The van der Waals surface area contributed by atoms with Gasteiger partial charge in [0.05, 0.1) is 28.7 Å². The van der Waals surface area contributed by atoms with Crippen LogP contribution in [0.5, 0.6) is 5.75 Å². The van der Waals surface area contributed by atoms with E-state index in [9.17, 15) is 4.79 Å². The van der Waals surface area contributed by atoms with Gasteiger partial charge in [0.25, 0.3) is 5.91 Å². The number of nitrogen functional groups attached to an aromatic ring is 1. The molecule has 1 aromatic carbocycles. The van der Waals surface area contributed by atoms with Gasteiger partial charge < -0.3 is 20.7 Å². The fraction of sp³-hybridized carbons (Fsp3) is 0.393. The highest BCUT2D eigenvalue weighted by atomic mass is 35.5. The fourth-order valence-electron chi connectivity index (χ4n) is 4.47. The van der Waals surface area contributed by atoms with Crippen molar-refractivity contribution in [3.63, 3.8) is 0 Å². The Kier molecular flexibility index (Phi) is 8.78. The molecule has 4 rings (SSSR count). The number of anilines is 1. The number of benzene rings is 1. The molecule has 190 valence electrons. The van der Waals surface area contributed by atoms with Crippen molar-refractivity contribution in [2.24, 2.45) is 0 Å². The average molecular weight is 508 g/mol. The molecule has 1 aliphatic carbocycles. The van der Waals surface area contributed by atoms with Gasteiger partial charge >= 0.3 is 0 Å². The summed E-state index contributed by atoms with van der Waals surface area (Å²) >= 11 is 6.45. The molecule has 1 amide bonds. The van der Waals surface area contributed by atoms with E-state index in [-0.39, 0.29) is 11.9 Å². The van der Waals surface area contributed by atoms with Gasteiger partial charge in [-0.2, -0.15) is 0 Å². The third-order valence-corrected chi connectivity index (χ3v) is 6.69. The first-order valence-corrected chi connectivity index (χ1v) is 12.9. The number of carbonyl (C=O) groups is 1. The minimum atomic E-state index is -0.169. The average Bonchev–Trinajstić information content (AvgIpc) is 2.88. The second-order valence-electron chi connectivity index (χ2n) is 9.49. The molecule has 0 saturated heterocycles. The van der Waals surface area contributed by atoms with Crippen LogP contribution in [0.1, 0.15) is 49.0 Å². The predicted molar refractivity (Wildman–Crippen MR) is 145 cm³/mol. The van der Waals surface area contributed by atoms with E-state index in [1.54, 1.807) is 30.5 Å². The molecule has 2 aromatic heterocycles. The summed E-state index contributed by atoms with van der Waals surface area (Å²) in [5.41, 5.74) is 9.88. The number of hydrogen-bond acceptors (Lipinski definition) is 6. The molecule has 2 heterocycles. The number of pyridine rings is 2. The molecule has 0 aliphatic heterocycles. The lowest BCUT2D eigenvalue weighted by Gasteiger charge is -2.22. The van der Waals surface area contributed by atoms with Gasteiger partial charge in [0.2, 0.25) is 0 Å². The first-order chi connectivity index (χ1) is 17.4. The Bertz CT molecular complexity index is 1190. The summed E-state index contributed by atoms with van der Waals surface area (Å²) in [4.78, 5) is 24.5. The fourth-order valence-corrected chi connectivity index (χ4v) is 4.64. The van der Waals surface area contributed by atoms with E-state index < -0.39 is 0 Å². The Morgan fingerprint density at radius 1 is 1.14 bits per heavy atom. The zero-order valence-electron chi connectivity index (χ0n) is 21.0. The molecule has 3 N–H and O–H groups in total. The van der Waals surface area contributed by atoms with Crippen LogP contribution in [0.2, 0.25) is 5.02 Å². The number of nitrogens with two attached hydrogens (primary N) is 1. The molecular weight excluding hydrogens is 474 g/mol. The summed E-state index contributed by atoms with van der Waals surface area (Å²) in [6.07, 6.45) is 8.09. The lowest BCUT2D eigenvalue weighted by Crippen LogP contribution is -2.36. The van der Waals surface area contributed by atoms with Crippen LogP contribution in [-0.2, 0) is 0 Å². The van der Waals surface area contributed by atoms with E-state index in [1.165, 1.54) is 6.42 Å². The first kappa shape index (κ1) is 25.9. The lowest BCUT2D eigenvalue weighted by molar-refractivity contribution is 0.0923. The van der Waals surface area contributed by atoms with Crippen molar-refractivity contribution in [2.75, 3.05) is 33.0 Å². The molecule has 7 nitrogen and oxygen atoms in total. The number of nitrogens with one attached hydrogen (secondary N) is 1. The van der Waals surface area contributed by atoms with Crippen molar-refractivity contribution in [3.8, 4) is 28.3 Å². The Hall–Kier alpha value is -3.16. The van der Waals surface area contributed by atoms with Crippen LogP contribution in [-0.4, -0.2) is 54.1 Å². The highest BCUT2D eigenvalue weighted by Crippen LogP contribution is 2.36. The second kappa shape index (κ2) is 12.2. The number of amides is 1. The van der Waals surface area contributed by atoms with Gasteiger partial charge in [-0.25, -0.2) is 4.98 Å². The summed E-state index contributed by atoms with van der Waals surface area (Å²) in [6, 6.07) is 12.9. The number of aromatic nitrogens is 2. The standard InChI is InChI=1S/C28H34ClN5O2/c1-34(2)16-7-17-36-25-18-19(11-13-22(25)29)26-21(27-23(30)10-6-15-31-27)12-14-24(33-26)28(35)32-20-8-4-3-5-9-20/h6,10-15,18,20H,3-5,7-9,16-17,30H2,1-2H3,(H,32,35). The lowest BCUT2D eigenvalue weighted by atomic mass is 9.95. The molecule has 8 heteroatoms. The Morgan fingerprint density at radius 2 is 1.94 bits per heavy atom. The normalized spacial score (nSPS) is 14.1. The summed E-state index contributed by atoms with van der Waals surface area (Å²) in [5.74, 6) is 0.407. The number of carbonyl (C=O) groups excluding carboxylic acids is 1. The topological polar surface area (TPSA) is 93.4 Å². The van der Waals surface area contributed by atoms with E-state index >= 15 is 0 Å². The molecule has 0 spiro atoms. The summed E-state index contributed by atoms with van der Waals surface area (Å²) in [7, 11) is 4.06. The SMILES string of the molecule is CN(C)CCCOc1cc(-c2nc(C(=O)NC3CCCCC3)ccc2-c2ncccc2N)ccc1Cl. The molecule has 1 aliphatic rings. The maximum atomic E-state index is 13.1. The zero-order valence-corrected chi connectivity index (χ0v) is 21.7. The van der Waals surface area contributed by atoms with Crippen molar-refractivity contribution in [3.05, 3.63) is 59.4 Å². The van der Waals surface area contributed by atoms with Crippen LogP contribution >= 0.6 is 11.6 Å². The van der Waals surface area contributed by atoms with Gasteiger partial charge in [-0.15, -0.1) is 0 Å². The van der Waals surface area contributed by atoms with Crippen LogP contribution in [0.15, 0.2) is 48.7 Å². The van der Waals surface area contributed by atoms with Gasteiger partial charge in [0.15, 0.2) is 0 Å². The maximum Gasteiger partial charge on any atom is 0.270 e. The van der Waals surface area contributed by atoms with Crippen molar-refractivity contribution < 1.29 is 9.53 Å². The zero-order chi connectivity index (χ0) is 25.5. The minimum absolute atomic E-state index is 0.169. The molecular formula is C28H34ClN5O2. The molecule has 3 aromatic rings. The Morgan fingerprint density at radius 3 is 2.69 bits per heavy atom. The second-order valence-corrected chi connectivity index (χ2v) is 9.90. The molecule has 0 bridgehead atoms. The number of hydrogen-bond donors (Lipinski definition) is 2. The van der Waals surface area contributed by atoms with Crippen LogP contribution in [0.4, 0.5) is 5.69 Å². The molecule has 36 heavy (non-hydrogen) atoms. The third kappa shape index (κ3) is 6.53. The van der Waals surface area contributed by atoms with E-state index in [2.05, 4.69) is 15.2 Å². The van der Waals surface area contributed by atoms with Crippen molar-refractivity contribution in [1.82, 2.24) is 20.2 Å². The van der Waals surface area contributed by atoms with Crippen LogP contribution < -0.4 is 15.8 Å². The van der Waals surface area contributed by atoms with Gasteiger partial charge in [-0.1, -0.05) is 36.9 Å². The molecule has 0 unspecified atom stereocenters. The van der Waals surface area contributed by atoms with E-state index in [0.717, 1.165) is 49.8 Å². The third-order valence-electron chi connectivity index (χ3n) is 6.37. The number of nitrogens with zero attached hydrogens (tertiary/aromatic N) is 3. The minimum Gasteiger partial charge on any atom is -0.492 e. The Labute approximate surface area is 218 Å². The monoisotopic (exact) mass is 507 g/mol. The first-order valence-electron chi connectivity index (χ1n) is 12.5. The largest absolute Gasteiger partial charge is 0.492 e. The van der Waals surface area contributed by atoms with E-state index in [4.69, 9.17) is 27.1 Å². The van der Waals surface area contributed by atoms with Gasteiger partial charge in [0.1, 0.15) is 11.4 Å². The summed E-state index contributed by atoms with van der Waals surface area (Å²) in [5, 5.41) is 3.68. The van der Waals surface area contributed by atoms with Gasteiger partial charge in [0, 0.05) is 29.9 Å². The van der Waals surface area contributed by atoms with Gasteiger partial charge in [-0.3, -0.25) is 9.78 Å². The van der Waals surface area contributed by atoms with Gasteiger partial charge in [-0.05, 0) is 69.8 Å². The number of rotatable bonds is 9. The number of ether oxygens (including phenoxy) is 1. The van der Waals surface area contributed by atoms with Crippen LogP contribution in [0.3, 0.4) is 0 Å². The quantitative estimate of drug-likeness (QED) is 0.374. The highest BCUT2D eigenvalue weighted by Gasteiger charge is 2.21. The van der Waals surface area contributed by atoms with Crippen LogP contribution in [0.25, 0.3) is 22.5 Å². The molecule has 0 radical (unpaired) electrons. The van der Waals surface area contributed by atoms with Crippen LogP contribution in [0, 0.1) is 0 Å². The molecule has 1 fully saturated rings. The molecule has 1 saturated carbocycles. The molecule has 0 atom stereocenters. The van der Waals surface area contributed by atoms with Crippen molar-refractivity contribution in [1.29, 1.82) is 0 Å².